The summed E-state index contributed by atoms with van der Waals surface area (Å²) >= 11 is 1.80. The van der Waals surface area contributed by atoms with Gasteiger partial charge in [0.25, 0.3) is 0 Å². The molecule has 0 fully saturated rings. The molecule has 1 rings (SSSR count). The SMILES string of the molecule is CCNC(=NCc1cccc(NC(=O)CC(C)C)c1)NCCSC. The van der Waals surface area contributed by atoms with Crippen molar-refractivity contribution in [3.05, 3.63) is 29.8 Å². The van der Waals surface area contributed by atoms with E-state index in [0.717, 1.165) is 36.1 Å². The number of hydrogen-bond acceptors (Lipinski definition) is 3. The van der Waals surface area contributed by atoms with Crippen LogP contribution in [0.5, 0.6) is 0 Å². The van der Waals surface area contributed by atoms with Crippen molar-refractivity contribution in [2.75, 3.05) is 30.4 Å². The maximum absolute atomic E-state index is 11.9. The fourth-order valence-corrected chi connectivity index (χ4v) is 2.42. The molecule has 5 nitrogen and oxygen atoms in total. The molecule has 1 aromatic rings. The quantitative estimate of drug-likeness (QED) is 0.364. The van der Waals surface area contributed by atoms with Crippen LogP contribution in [0.1, 0.15) is 32.8 Å². The van der Waals surface area contributed by atoms with E-state index in [9.17, 15) is 4.79 Å². The third-order valence-corrected chi connectivity index (χ3v) is 3.78. The van der Waals surface area contributed by atoms with Gasteiger partial charge in [0.15, 0.2) is 5.96 Å². The van der Waals surface area contributed by atoms with Crippen molar-refractivity contribution in [1.29, 1.82) is 0 Å². The lowest BCUT2D eigenvalue weighted by Gasteiger charge is -2.11. The molecule has 0 aliphatic rings. The van der Waals surface area contributed by atoms with Crippen LogP contribution < -0.4 is 16.0 Å². The Morgan fingerprint density at radius 2 is 2.08 bits per heavy atom. The minimum atomic E-state index is 0.0534. The fraction of sp³-hybridized carbons (Fsp3) is 0.556. The third-order valence-electron chi connectivity index (χ3n) is 3.17. The van der Waals surface area contributed by atoms with Gasteiger partial charge in [0.1, 0.15) is 0 Å². The summed E-state index contributed by atoms with van der Waals surface area (Å²) in [7, 11) is 0. The summed E-state index contributed by atoms with van der Waals surface area (Å²) in [5.41, 5.74) is 1.90. The van der Waals surface area contributed by atoms with E-state index in [2.05, 4.69) is 34.1 Å². The molecule has 0 aliphatic carbocycles. The Hall–Kier alpha value is -1.69. The lowest BCUT2D eigenvalue weighted by atomic mass is 10.1. The van der Waals surface area contributed by atoms with Crippen molar-refractivity contribution in [3.8, 4) is 0 Å². The average Bonchev–Trinajstić information content (AvgIpc) is 2.52. The minimum Gasteiger partial charge on any atom is -0.357 e. The first kappa shape index (κ1) is 20.4. The zero-order valence-electron chi connectivity index (χ0n) is 15.2. The van der Waals surface area contributed by atoms with Crippen LogP contribution in [0.4, 0.5) is 5.69 Å². The van der Waals surface area contributed by atoms with Crippen molar-refractivity contribution in [3.63, 3.8) is 0 Å². The molecule has 0 aromatic heterocycles. The molecule has 24 heavy (non-hydrogen) atoms. The highest BCUT2D eigenvalue weighted by Gasteiger charge is 2.05. The second kappa shape index (κ2) is 11.8. The average molecular weight is 351 g/mol. The van der Waals surface area contributed by atoms with Gasteiger partial charge < -0.3 is 16.0 Å². The number of aliphatic imine (C=N–C) groups is 1. The van der Waals surface area contributed by atoms with Crippen LogP contribution in [0.15, 0.2) is 29.3 Å². The molecule has 0 aliphatic heterocycles. The number of guanidine groups is 1. The lowest BCUT2D eigenvalue weighted by Crippen LogP contribution is -2.38. The van der Waals surface area contributed by atoms with Crippen LogP contribution in [-0.4, -0.2) is 37.0 Å². The van der Waals surface area contributed by atoms with Gasteiger partial charge in [-0.15, -0.1) is 0 Å². The van der Waals surface area contributed by atoms with Crippen molar-refractivity contribution in [2.24, 2.45) is 10.9 Å². The fourth-order valence-electron chi connectivity index (χ4n) is 2.11. The van der Waals surface area contributed by atoms with E-state index in [1.165, 1.54) is 0 Å². The van der Waals surface area contributed by atoms with E-state index in [-0.39, 0.29) is 5.91 Å². The number of rotatable bonds is 9. The number of carbonyl (C=O) groups excluding carboxylic acids is 1. The van der Waals surface area contributed by atoms with Gasteiger partial charge in [0.05, 0.1) is 6.54 Å². The summed E-state index contributed by atoms with van der Waals surface area (Å²) in [6.07, 6.45) is 2.62. The second-order valence-electron chi connectivity index (χ2n) is 5.96. The molecule has 6 heteroatoms. The van der Waals surface area contributed by atoms with E-state index in [1.807, 2.05) is 38.1 Å². The van der Waals surface area contributed by atoms with E-state index in [4.69, 9.17) is 0 Å². The van der Waals surface area contributed by atoms with Crippen LogP contribution in [0, 0.1) is 5.92 Å². The molecule has 1 aromatic carbocycles. The first-order valence-corrected chi connectivity index (χ1v) is 9.84. The molecule has 0 radical (unpaired) electrons. The Kier molecular flexibility index (Phi) is 10.00. The molecule has 0 saturated heterocycles. The van der Waals surface area contributed by atoms with E-state index in [1.54, 1.807) is 11.8 Å². The summed E-state index contributed by atoms with van der Waals surface area (Å²) < 4.78 is 0. The number of amides is 1. The van der Waals surface area contributed by atoms with Gasteiger partial charge in [-0.25, -0.2) is 4.99 Å². The Balaban J connectivity index is 2.64. The summed E-state index contributed by atoms with van der Waals surface area (Å²) in [4.78, 5) is 16.5. The number of hydrogen-bond donors (Lipinski definition) is 3. The van der Waals surface area contributed by atoms with Crippen molar-refractivity contribution >= 4 is 29.3 Å². The van der Waals surface area contributed by atoms with Crippen LogP contribution in [0.2, 0.25) is 0 Å². The molecular formula is C18H30N4OS. The van der Waals surface area contributed by atoms with Gasteiger partial charge in [-0.05, 0) is 36.8 Å². The van der Waals surface area contributed by atoms with Crippen LogP contribution in [0.25, 0.3) is 0 Å². The van der Waals surface area contributed by atoms with Crippen LogP contribution in [0.3, 0.4) is 0 Å². The maximum Gasteiger partial charge on any atom is 0.224 e. The van der Waals surface area contributed by atoms with Gasteiger partial charge >= 0.3 is 0 Å². The monoisotopic (exact) mass is 350 g/mol. The number of carbonyl (C=O) groups is 1. The van der Waals surface area contributed by atoms with E-state index < -0.39 is 0 Å². The number of nitrogens with one attached hydrogen (secondary N) is 3. The van der Waals surface area contributed by atoms with Gasteiger partial charge in [0.2, 0.25) is 5.91 Å². The third kappa shape index (κ3) is 8.82. The Morgan fingerprint density at radius 3 is 2.75 bits per heavy atom. The van der Waals surface area contributed by atoms with Gasteiger partial charge in [-0.1, -0.05) is 26.0 Å². The number of nitrogens with zero attached hydrogens (tertiary/aromatic N) is 1. The predicted octanol–water partition coefficient (Wildman–Crippen LogP) is 3.09. The Bertz CT molecular complexity index is 532. The maximum atomic E-state index is 11.9. The summed E-state index contributed by atoms with van der Waals surface area (Å²) in [6, 6.07) is 7.86. The standard InChI is InChI=1S/C18H30N4OS/c1-5-19-18(20-9-10-24-4)21-13-15-7-6-8-16(12-15)22-17(23)11-14(2)3/h6-8,12,14H,5,9-11,13H2,1-4H3,(H,22,23)(H2,19,20,21). The number of thioether (sulfide) groups is 1. The van der Waals surface area contributed by atoms with E-state index >= 15 is 0 Å². The number of benzene rings is 1. The minimum absolute atomic E-state index is 0.0534. The molecule has 0 heterocycles. The lowest BCUT2D eigenvalue weighted by molar-refractivity contribution is -0.116. The normalized spacial score (nSPS) is 11.5. The molecule has 0 bridgehead atoms. The molecule has 0 unspecified atom stereocenters. The second-order valence-corrected chi connectivity index (χ2v) is 6.95. The smallest absolute Gasteiger partial charge is 0.224 e. The van der Waals surface area contributed by atoms with Crippen LogP contribution >= 0.6 is 11.8 Å². The highest BCUT2D eigenvalue weighted by Crippen LogP contribution is 2.13. The molecule has 0 saturated carbocycles. The first-order valence-electron chi connectivity index (χ1n) is 8.45. The van der Waals surface area contributed by atoms with Gasteiger partial charge in [-0.3, -0.25) is 4.79 Å². The summed E-state index contributed by atoms with van der Waals surface area (Å²) in [5.74, 6) is 2.27. The molecule has 0 spiro atoms. The predicted molar refractivity (Wildman–Crippen MR) is 106 cm³/mol. The van der Waals surface area contributed by atoms with Crippen molar-refractivity contribution < 1.29 is 4.79 Å². The number of anilines is 1. The topological polar surface area (TPSA) is 65.5 Å². The Labute approximate surface area is 150 Å². The van der Waals surface area contributed by atoms with Crippen LogP contribution in [-0.2, 0) is 11.3 Å². The molecular weight excluding hydrogens is 320 g/mol. The molecule has 0 atom stereocenters. The molecule has 3 N–H and O–H groups in total. The highest BCUT2D eigenvalue weighted by molar-refractivity contribution is 7.98. The van der Waals surface area contributed by atoms with E-state index in [0.29, 0.717) is 18.9 Å². The van der Waals surface area contributed by atoms with Crippen molar-refractivity contribution in [2.45, 2.75) is 33.7 Å². The molecule has 1 amide bonds. The highest BCUT2D eigenvalue weighted by atomic mass is 32.2. The Morgan fingerprint density at radius 1 is 1.29 bits per heavy atom. The molecule has 134 valence electrons. The van der Waals surface area contributed by atoms with Gasteiger partial charge in [-0.2, -0.15) is 11.8 Å². The zero-order valence-corrected chi connectivity index (χ0v) is 16.0. The van der Waals surface area contributed by atoms with Crippen molar-refractivity contribution in [1.82, 2.24) is 10.6 Å². The summed E-state index contributed by atoms with van der Waals surface area (Å²) in [5, 5.41) is 9.50. The zero-order chi connectivity index (χ0) is 17.8. The summed E-state index contributed by atoms with van der Waals surface area (Å²) in [6.45, 7) is 8.42. The largest absolute Gasteiger partial charge is 0.357 e. The first-order chi connectivity index (χ1) is 11.5. The van der Waals surface area contributed by atoms with Gasteiger partial charge in [0, 0.05) is 31.0 Å².